The van der Waals surface area contributed by atoms with Gasteiger partial charge in [-0.25, -0.2) is 4.98 Å². The Balaban J connectivity index is 2.03. The van der Waals surface area contributed by atoms with Gasteiger partial charge < -0.3 is 14.4 Å². The predicted molar refractivity (Wildman–Crippen MR) is 68.2 cm³/mol. The fraction of sp³-hybridized carbons (Fsp3) is 0. The van der Waals surface area contributed by atoms with Crippen molar-refractivity contribution in [3.8, 4) is 11.3 Å². The molecule has 0 saturated heterocycles. The van der Waals surface area contributed by atoms with Gasteiger partial charge in [0.1, 0.15) is 0 Å². The molecule has 2 heterocycles. The van der Waals surface area contributed by atoms with E-state index in [0.717, 1.165) is 16.9 Å². The number of aromatic nitrogens is 3. The maximum atomic E-state index is 9.03. The molecule has 2 N–H and O–H groups in total. The molecule has 0 radical (unpaired) electrons. The van der Waals surface area contributed by atoms with Gasteiger partial charge in [-0.15, -0.1) is 0 Å². The third-order valence-corrected chi connectivity index (χ3v) is 2.77. The lowest BCUT2D eigenvalue weighted by molar-refractivity contribution is 0.426. The van der Waals surface area contributed by atoms with Crippen molar-refractivity contribution in [1.29, 1.82) is 0 Å². The Morgan fingerprint density at radius 1 is 1.11 bits per heavy atom. The molecule has 0 bridgehead atoms. The minimum atomic E-state index is -1.44. The Labute approximate surface area is 104 Å². The first-order chi connectivity index (χ1) is 8.74. The van der Waals surface area contributed by atoms with Crippen LogP contribution in [0.2, 0.25) is 0 Å². The largest absolute Gasteiger partial charge is 0.488 e. The Morgan fingerprint density at radius 2 is 1.89 bits per heavy atom. The van der Waals surface area contributed by atoms with Gasteiger partial charge in [-0.1, -0.05) is 24.3 Å². The molecule has 5 nitrogen and oxygen atoms in total. The summed E-state index contributed by atoms with van der Waals surface area (Å²) in [6.45, 7) is 0. The highest BCUT2D eigenvalue weighted by molar-refractivity contribution is 6.58. The molecule has 88 valence electrons. The second kappa shape index (κ2) is 4.25. The summed E-state index contributed by atoms with van der Waals surface area (Å²) in [7, 11) is -1.44. The van der Waals surface area contributed by atoms with E-state index in [1.54, 1.807) is 24.5 Å². The van der Waals surface area contributed by atoms with Crippen molar-refractivity contribution in [2.75, 3.05) is 0 Å². The summed E-state index contributed by atoms with van der Waals surface area (Å²) in [6, 6.07) is 6.96. The van der Waals surface area contributed by atoms with Crippen LogP contribution in [0.4, 0.5) is 0 Å². The monoisotopic (exact) mass is 239 g/mol. The number of nitrogens with zero attached hydrogens (tertiary/aromatic N) is 3. The summed E-state index contributed by atoms with van der Waals surface area (Å²) in [4.78, 5) is 8.44. The van der Waals surface area contributed by atoms with Crippen LogP contribution in [0.3, 0.4) is 0 Å². The van der Waals surface area contributed by atoms with E-state index >= 15 is 0 Å². The highest BCUT2D eigenvalue weighted by Crippen LogP contribution is 2.17. The number of benzene rings is 1. The van der Waals surface area contributed by atoms with Gasteiger partial charge >= 0.3 is 7.12 Å². The molecule has 0 atom stereocenters. The van der Waals surface area contributed by atoms with Crippen LogP contribution in [0, 0.1) is 0 Å². The fourth-order valence-electron chi connectivity index (χ4n) is 1.81. The van der Waals surface area contributed by atoms with Crippen molar-refractivity contribution >= 4 is 18.2 Å². The van der Waals surface area contributed by atoms with E-state index in [1.165, 1.54) is 0 Å². The van der Waals surface area contributed by atoms with E-state index in [4.69, 9.17) is 10.0 Å². The quantitative estimate of drug-likeness (QED) is 0.621. The Kier molecular flexibility index (Phi) is 2.58. The second-order valence-electron chi connectivity index (χ2n) is 3.96. The third kappa shape index (κ3) is 1.87. The number of imidazole rings is 1. The smallest absolute Gasteiger partial charge is 0.423 e. The fourth-order valence-corrected chi connectivity index (χ4v) is 1.81. The number of rotatable bonds is 2. The van der Waals surface area contributed by atoms with Crippen LogP contribution in [0.1, 0.15) is 0 Å². The topological polar surface area (TPSA) is 70.7 Å². The molecular formula is C12H10BN3O2. The minimum absolute atomic E-state index is 0.462. The first-order valence-corrected chi connectivity index (χ1v) is 5.49. The number of fused-ring (bicyclic) bond motifs is 1. The van der Waals surface area contributed by atoms with E-state index in [-0.39, 0.29) is 0 Å². The summed E-state index contributed by atoms with van der Waals surface area (Å²) < 4.78 is 1.89. The molecule has 1 aromatic carbocycles. The summed E-state index contributed by atoms with van der Waals surface area (Å²) in [5, 5.41) is 18.1. The van der Waals surface area contributed by atoms with Crippen molar-refractivity contribution in [1.82, 2.24) is 14.4 Å². The van der Waals surface area contributed by atoms with Gasteiger partial charge in [0.15, 0.2) is 5.65 Å². The first-order valence-electron chi connectivity index (χ1n) is 5.49. The van der Waals surface area contributed by atoms with Gasteiger partial charge in [0, 0.05) is 24.2 Å². The summed E-state index contributed by atoms with van der Waals surface area (Å²) >= 11 is 0. The summed E-state index contributed by atoms with van der Waals surface area (Å²) in [5.74, 6) is 0. The van der Waals surface area contributed by atoms with Gasteiger partial charge in [0.2, 0.25) is 0 Å². The van der Waals surface area contributed by atoms with E-state index in [9.17, 15) is 0 Å². The third-order valence-electron chi connectivity index (χ3n) is 2.77. The highest BCUT2D eigenvalue weighted by atomic mass is 16.4. The van der Waals surface area contributed by atoms with Crippen LogP contribution in [0.5, 0.6) is 0 Å². The molecule has 0 unspecified atom stereocenters. The summed E-state index contributed by atoms with van der Waals surface area (Å²) in [6.07, 6.45) is 7.12. The van der Waals surface area contributed by atoms with E-state index in [0.29, 0.717) is 5.46 Å². The molecule has 0 aliphatic rings. The standard InChI is InChI=1S/C12H10BN3O2/c17-13(18)10-3-1-9(2-4-10)11-8-16-6-5-14-7-12(16)15-11/h1-8,17-18H. The maximum absolute atomic E-state index is 9.03. The molecule has 0 saturated carbocycles. The number of hydrogen-bond donors (Lipinski definition) is 2. The van der Waals surface area contributed by atoms with Crippen LogP contribution in [0.25, 0.3) is 16.9 Å². The van der Waals surface area contributed by atoms with Gasteiger partial charge in [-0.3, -0.25) is 4.98 Å². The van der Waals surface area contributed by atoms with Crippen molar-refractivity contribution in [2.24, 2.45) is 0 Å². The van der Waals surface area contributed by atoms with E-state index in [1.807, 2.05) is 28.9 Å². The lowest BCUT2D eigenvalue weighted by Gasteiger charge is -2.00. The normalized spacial score (nSPS) is 10.8. The zero-order valence-electron chi connectivity index (χ0n) is 9.43. The SMILES string of the molecule is OB(O)c1ccc(-c2cn3ccncc3n2)cc1. The molecule has 2 aromatic heterocycles. The first kappa shape index (κ1) is 10.9. The Hall–Kier alpha value is -2.18. The van der Waals surface area contributed by atoms with Gasteiger partial charge in [0.25, 0.3) is 0 Å². The average Bonchev–Trinajstić information content (AvgIpc) is 2.82. The van der Waals surface area contributed by atoms with E-state index < -0.39 is 7.12 Å². The van der Waals surface area contributed by atoms with Gasteiger partial charge in [0.05, 0.1) is 11.9 Å². The molecule has 0 fully saturated rings. The molecule has 0 aliphatic carbocycles. The van der Waals surface area contributed by atoms with Crippen molar-refractivity contribution in [3.63, 3.8) is 0 Å². The van der Waals surface area contributed by atoms with Crippen LogP contribution in [0.15, 0.2) is 49.1 Å². The average molecular weight is 239 g/mol. The van der Waals surface area contributed by atoms with Crippen LogP contribution < -0.4 is 5.46 Å². The van der Waals surface area contributed by atoms with Crippen molar-refractivity contribution in [3.05, 3.63) is 49.1 Å². The molecule has 0 aliphatic heterocycles. The zero-order chi connectivity index (χ0) is 12.5. The molecule has 18 heavy (non-hydrogen) atoms. The molecule has 6 heteroatoms. The van der Waals surface area contributed by atoms with Crippen LogP contribution >= 0.6 is 0 Å². The number of hydrogen-bond acceptors (Lipinski definition) is 4. The highest BCUT2D eigenvalue weighted by Gasteiger charge is 2.11. The maximum Gasteiger partial charge on any atom is 0.488 e. The Bertz CT molecular complexity index is 646. The van der Waals surface area contributed by atoms with Crippen LogP contribution in [-0.2, 0) is 0 Å². The van der Waals surface area contributed by atoms with Crippen molar-refractivity contribution < 1.29 is 10.0 Å². The molecular weight excluding hydrogens is 229 g/mol. The second-order valence-corrected chi connectivity index (χ2v) is 3.96. The van der Waals surface area contributed by atoms with Crippen molar-refractivity contribution in [2.45, 2.75) is 0 Å². The zero-order valence-corrected chi connectivity index (χ0v) is 9.43. The van der Waals surface area contributed by atoms with Gasteiger partial charge in [-0.2, -0.15) is 0 Å². The van der Waals surface area contributed by atoms with Gasteiger partial charge in [-0.05, 0) is 5.46 Å². The lowest BCUT2D eigenvalue weighted by Crippen LogP contribution is -2.29. The summed E-state index contributed by atoms with van der Waals surface area (Å²) in [5.41, 5.74) is 2.98. The van der Waals surface area contributed by atoms with Crippen LogP contribution in [-0.4, -0.2) is 31.5 Å². The van der Waals surface area contributed by atoms with E-state index in [2.05, 4.69) is 9.97 Å². The molecule has 0 amide bonds. The Morgan fingerprint density at radius 3 is 2.56 bits per heavy atom. The molecule has 3 rings (SSSR count). The predicted octanol–water partition coefficient (Wildman–Crippen LogP) is 0.0761. The lowest BCUT2D eigenvalue weighted by atomic mass is 9.80. The minimum Gasteiger partial charge on any atom is -0.423 e. The molecule has 3 aromatic rings. The molecule has 0 spiro atoms.